The number of carbonyl (C=O) groups excluding carboxylic acids is 2. The van der Waals surface area contributed by atoms with Crippen LogP contribution in [0.4, 0.5) is 0 Å². The molecular weight excluding hydrogens is 466 g/mol. The van der Waals surface area contributed by atoms with Gasteiger partial charge in [0.15, 0.2) is 0 Å². The molecule has 5 atom stereocenters. The van der Waals surface area contributed by atoms with E-state index in [9.17, 15) is 9.59 Å². The van der Waals surface area contributed by atoms with Gasteiger partial charge in [-0.2, -0.15) is 0 Å². The molecular formula is C26H31N3O7. The number of nitrogens with zero attached hydrogens (tertiary/aromatic N) is 1. The van der Waals surface area contributed by atoms with E-state index in [0.29, 0.717) is 29.2 Å². The van der Waals surface area contributed by atoms with Crippen LogP contribution < -0.4 is 20.1 Å². The second-order valence-electron chi connectivity index (χ2n) is 9.63. The zero-order valence-electron chi connectivity index (χ0n) is 20.8. The second-order valence-corrected chi connectivity index (χ2v) is 9.63. The van der Waals surface area contributed by atoms with Crippen molar-refractivity contribution in [3.63, 3.8) is 0 Å². The third-order valence-electron chi connectivity index (χ3n) is 6.97. The van der Waals surface area contributed by atoms with Gasteiger partial charge >= 0.3 is 0 Å². The Balaban J connectivity index is 1.25. The number of rotatable bonds is 8. The fourth-order valence-electron chi connectivity index (χ4n) is 5.04. The minimum Gasteiger partial charge on any atom is -0.497 e. The Kier molecular flexibility index (Phi) is 6.37. The molecule has 10 nitrogen and oxygen atoms in total. The van der Waals surface area contributed by atoms with Gasteiger partial charge in [0.25, 0.3) is 11.8 Å². The fourth-order valence-corrected chi connectivity index (χ4v) is 5.04. The molecule has 2 aromatic rings. The van der Waals surface area contributed by atoms with Gasteiger partial charge < -0.3 is 34.3 Å². The SMILES string of the molecule is COc1cccc(C(=O)NC[C@@]2(C)O[C@H]3CO[C@@H]4N3[C@H]2O[C@]4(C)CNC(=O)c2cccc(OC)c2)c1. The second kappa shape index (κ2) is 9.36. The highest BCUT2D eigenvalue weighted by atomic mass is 16.7. The van der Waals surface area contributed by atoms with Crippen LogP contribution in [0.1, 0.15) is 34.6 Å². The van der Waals surface area contributed by atoms with Crippen LogP contribution in [0.15, 0.2) is 48.5 Å². The Hall–Kier alpha value is -3.18. The van der Waals surface area contributed by atoms with E-state index in [1.165, 1.54) is 0 Å². The molecule has 2 amide bonds. The Morgan fingerprint density at radius 1 is 0.889 bits per heavy atom. The van der Waals surface area contributed by atoms with Crippen LogP contribution in [0, 0.1) is 0 Å². The highest BCUT2D eigenvalue weighted by Gasteiger charge is 2.67. The van der Waals surface area contributed by atoms with Gasteiger partial charge in [0.1, 0.15) is 41.4 Å². The van der Waals surface area contributed by atoms with Gasteiger partial charge in [0.05, 0.1) is 33.9 Å². The number of hydrogen-bond donors (Lipinski definition) is 2. The summed E-state index contributed by atoms with van der Waals surface area (Å²) >= 11 is 0. The monoisotopic (exact) mass is 497 g/mol. The van der Waals surface area contributed by atoms with Gasteiger partial charge in [-0.05, 0) is 50.2 Å². The summed E-state index contributed by atoms with van der Waals surface area (Å²) in [5, 5.41) is 5.93. The maximum atomic E-state index is 12.8. The van der Waals surface area contributed by atoms with Crippen molar-refractivity contribution in [1.82, 2.24) is 15.5 Å². The zero-order chi connectivity index (χ0) is 25.5. The van der Waals surface area contributed by atoms with Crippen molar-refractivity contribution in [1.29, 1.82) is 0 Å². The Labute approximate surface area is 209 Å². The summed E-state index contributed by atoms with van der Waals surface area (Å²) in [7, 11) is 3.12. The predicted molar refractivity (Wildman–Crippen MR) is 129 cm³/mol. The zero-order valence-corrected chi connectivity index (χ0v) is 20.8. The van der Waals surface area contributed by atoms with E-state index in [1.807, 2.05) is 13.8 Å². The summed E-state index contributed by atoms with van der Waals surface area (Å²) in [6.07, 6.45) is -1.15. The first-order chi connectivity index (χ1) is 17.3. The molecule has 2 N–H and O–H groups in total. The van der Waals surface area contributed by atoms with Crippen LogP contribution in [0.3, 0.4) is 0 Å². The van der Waals surface area contributed by atoms with Gasteiger partial charge in [-0.3, -0.25) is 9.59 Å². The maximum Gasteiger partial charge on any atom is 0.251 e. The average Bonchev–Trinajstić information content (AvgIpc) is 3.54. The van der Waals surface area contributed by atoms with Crippen molar-refractivity contribution in [3.05, 3.63) is 59.7 Å². The van der Waals surface area contributed by atoms with Crippen LogP contribution in [-0.4, -0.2) is 80.5 Å². The lowest BCUT2D eigenvalue weighted by Gasteiger charge is -2.32. The first-order valence-electron chi connectivity index (χ1n) is 11.9. The molecule has 3 aliphatic rings. The van der Waals surface area contributed by atoms with Crippen molar-refractivity contribution in [2.24, 2.45) is 0 Å². The number of carbonyl (C=O) groups is 2. The molecule has 3 fully saturated rings. The lowest BCUT2D eigenvalue weighted by atomic mass is 10.0. The Bertz CT molecular complexity index is 1100. The lowest BCUT2D eigenvalue weighted by Crippen LogP contribution is -2.51. The summed E-state index contributed by atoms with van der Waals surface area (Å²) in [6, 6.07) is 13.9. The molecule has 0 bridgehead atoms. The Morgan fingerprint density at radius 3 is 1.94 bits per heavy atom. The van der Waals surface area contributed by atoms with Crippen LogP contribution >= 0.6 is 0 Å². The maximum absolute atomic E-state index is 12.8. The predicted octanol–water partition coefficient (Wildman–Crippen LogP) is 1.75. The number of hydrogen-bond acceptors (Lipinski definition) is 8. The van der Waals surface area contributed by atoms with Gasteiger partial charge in [-0.25, -0.2) is 4.90 Å². The van der Waals surface area contributed by atoms with Crippen molar-refractivity contribution in [2.75, 3.05) is 33.9 Å². The van der Waals surface area contributed by atoms with Gasteiger partial charge in [0, 0.05) is 11.1 Å². The van der Waals surface area contributed by atoms with Crippen LogP contribution in [-0.2, 0) is 14.2 Å². The van der Waals surface area contributed by atoms with E-state index >= 15 is 0 Å². The van der Waals surface area contributed by atoms with E-state index in [1.54, 1.807) is 62.8 Å². The molecule has 3 saturated heterocycles. The van der Waals surface area contributed by atoms with Crippen molar-refractivity contribution < 1.29 is 33.3 Å². The minimum atomic E-state index is -0.810. The largest absolute Gasteiger partial charge is 0.497 e. The molecule has 5 rings (SSSR count). The molecule has 0 unspecified atom stereocenters. The molecule has 0 aromatic heterocycles. The van der Waals surface area contributed by atoms with Gasteiger partial charge in [-0.1, -0.05) is 12.1 Å². The van der Waals surface area contributed by atoms with E-state index in [4.69, 9.17) is 23.7 Å². The molecule has 10 heteroatoms. The molecule has 3 heterocycles. The third-order valence-corrected chi connectivity index (χ3v) is 6.97. The first-order valence-corrected chi connectivity index (χ1v) is 11.9. The highest BCUT2D eigenvalue weighted by molar-refractivity contribution is 5.95. The van der Waals surface area contributed by atoms with Crippen molar-refractivity contribution >= 4 is 11.8 Å². The third kappa shape index (κ3) is 4.30. The normalized spacial score (nSPS) is 30.6. The van der Waals surface area contributed by atoms with Crippen molar-refractivity contribution in [3.8, 4) is 11.5 Å². The fraction of sp³-hybridized carbons (Fsp3) is 0.462. The molecule has 0 radical (unpaired) electrons. The van der Waals surface area contributed by atoms with E-state index < -0.39 is 23.7 Å². The van der Waals surface area contributed by atoms with E-state index in [0.717, 1.165) is 0 Å². The van der Waals surface area contributed by atoms with Crippen molar-refractivity contribution in [2.45, 2.75) is 43.7 Å². The number of ether oxygens (including phenoxy) is 5. The summed E-state index contributed by atoms with van der Waals surface area (Å²) in [4.78, 5) is 27.6. The molecule has 2 aromatic carbocycles. The highest BCUT2D eigenvalue weighted by Crippen LogP contribution is 2.48. The molecule has 36 heavy (non-hydrogen) atoms. The summed E-state index contributed by atoms with van der Waals surface area (Å²) in [5.41, 5.74) is -0.629. The molecule has 0 aliphatic carbocycles. The molecule has 192 valence electrons. The lowest BCUT2D eigenvalue weighted by molar-refractivity contribution is -0.126. The number of amides is 2. The topological polar surface area (TPSA) is 108 Å². The first kappa shape index (κ1) is 24.5. The van der Waals surface area contributed by atoms with Gasteiger partial charge in [0.2, 0.25) is 0 Å². The standard InChI is InChI=1S/C26H31N3O7/c1-25(14-27-21(30)16-7-5-9-18(11-16)32-3)23-29-20(13-34-23)35-26(2,24(29)36-25)15-28-22(31)17-8-6-10-19(12-17)33-4/h5-12,20,23-24H,13-15H2,1-4H3,(H,27,30)(H,28,31)/t20-,23-,24-,25+,26+/m0/s1. The smallest absolute Gasteiger partial charge is 0.251 e. The number of benzene rings is 2. The van der Waals surface area contributed by atoms with Crippen LogP contribution in [0.25, 0.3) is 0 Å². The quantitative estimate of drug-likeness (QED) is 0.568. The molecule has 3 aliphatic heterocycles. The van der Waals surface area contributed by atoms with Crippen LogP contribution in [0.5, 0.6) is 11.5 Å². The molecule has 0 saturated carbocycles. The summed E-state index contributed by atoms with van der Waals surface area (Å²) in [5.74, 6) is 0.754. The Morgan fingerprint density at radius 2 is 1.42 bits per heavy atom. The molecule has 0 spiro atoms. The summed E-state index contributed by atoms with van der Waals surface area (Å²) < 4.78 is 29.2. The number of nitrogens with one attached hydrogen (secondary N) is 2. The van der Waals surface area contributed by atoms with E-state index in [-0.39, 0.29) is 31.1 Å². The van der Waals surface area contributed by atoms with Crippen LogP contribution in [0.2, 0.25) is 0 Å². The number of methoxy groups -OCH3 is 2. The van der Waals surface area contributed by atoms with E-state index in [2.05, 4.69) is 15.5 Å². The minimum absolute atomic E-state index is 0.232. The van der Waals surface area contributed by atoms with Gasteiger partial charge in [-0.15, -0.1) is 0 Å². The summed E-state index contributed by atoms with van der Waals surface area (Å²) in [6.45, 7) is 4.68. The average molecular weight is 498 g/mol.